The lowest BCUT2D eigenvalue weighted by atomic mass is 10.0. The molecule has 0 aromatic heterocycles. The van der Waals surface area contributed by atoms with Gasteiger partial charge >= 0.3 is 5.97 Å². The first-order valence-electron chi connectivity index (χ1n) is 7.38. The van der Waals surface area contributed by atoms with E-state index in [-0.39, 0.29) is 12.0 Å². The van der Waals surface area contributed by atoms with Crippen LogP contribution in [0.1, 0.15) is 31.7 Å². The lowest BCUT2D eigenvalue weighted by molar-refractivity contribution is -0.151. The molecule has 1 atom stereocenters. The molecule has 1 aromatic carbocycles. The molecule has 0 N–H and O–H groups in total. The monoisotopic (exact) mass is 355 g/mol. The largest absolute Gasteiger partial charge is 0.497 e. The third-order valence-electron chi connectivity index (χ3n) is 3.80. The van der Waals surface area contributed by atoms with Crippen molar-refractivity contribution < 1.29 is 14.3 Å². The molecule has 1 aliphatic rings. The van der Waals surface area contributed by atoms with Gasteiger partial charge in [0.2, 0.25) is 0 Å². The molecular formula is C16H22BrNO3. The van der Waals surface area contributed by atoms with Gasteiger partial charge in [0.15, 0.2) is 0 Å². The lowest BCUT2D eigenvalue weighted by Crippen LogP contribution is -2.45. The fourth-order valence-electron chi connectivity index (χ4n) is 2.70. The van der Waals surface area contributed by atoms with Crippen molar-refractivity contribution in [3.63, 3.8) is 0 Å². The topological polar surface area (TPSA) is 38.8 Å². The highest BCUT2D eigenvalue weighted by molar-refractivity contribution is 9.10. The van der Waals surface area contributed by atoms with Crippen LogP contribution in [0, 0.1) is 0 Å². The Balaban J connectivity index is 2.13. The average Bonchev–Trinajstić information content (AvgIpc) is 2.50. The Morgan fingerprint density at radius 2 is 2.24 bits per heavy atom. The van der Waals surface area contributed by atoms with Crippen LogP contribution in [0.4, 0.5) is 0 Å². The maximum absolute atomic E-state index is 12.1. The zero-order valence-electron chi connectivity index (χ0n) is 12.6. The molecule has 2 rings (SSSR count). The van der Waals surface area contributed by atoms with Crippen LogP contribution in [-0.4, -0.2) is 37.2 Å². The molecule has 4 nitrogen and oxygen atoms in total. The van der Waals surface area contributed by atoms with Crippen molar-refractivity contribution in [1.82, 2.24) is 4.90 Å². The third kappa shape index (κ3) is 4.20. The van der Waals surface area contributed by atoms with Crippen molar-refractivity contribution in [2.75, 3.05) is 20.3 Å². The molecule has 0 bridgehead atoms. The number of nitrogens with zero attached hydrogens (tertiary/aromatic N) is 1. The third-order valence-corrected chi connectivity index (χ3v) is 4.57. The fourth-order valence-corrected chi connectivity index (χ4v) is 3.08. The summed E-state index contributed by atoms with van der Waals surface area (Å²) in [5, 5.41) is 0. The molecule has 1 unspecified atom stereocenters. The highest BCUT2D eigenvalue weighted by Gasteiger charge is 2.30. The van der Waals surface area contributed by atoms with Crippen LogP contribution in [0.3, 0.4) is 0 Å². The molecule has 0 amide bonds. The maximum atomic E-state index is 12.1. The molecule has 1 aliphatic heterocycles. The summed E-state index contributed by atoms with van der Waals surface area (Å²) in [6.07, 6.45) is 3.08. The van der Waals surface area contributed by atoms with Crippen molar-refractivity contribution in [3.05, 3.63) is 28.2 Å². The van der Waals surface area contributed by atoms with Gasteiger partial charge in [0.25, 0.3) is 0 Å². The first kappa shape index (κ1) is 16.3. The minimum absolute atomic E-state index is 0.101. The highest BCUT2D eigenvalue weighted by atomic mass is 79.9. The van der Waals surface area contributed by atoms with Gasteiger partial charge in [0, 0.05) is 11.0 Å². The van der Waals surface area contributed by atoms with E-state index in [0.29, 0.717) is 6.61 Å². The van der Waals surface area contributed by atoms with Gasteiger partial charge in [0.1, 0.15) is 11.8 Å². The summed E-state index contributed by atoms with van der Waals surface area (Å²) in [6, 6.07) is 5.79. The summed E-state index contributed by atoms with van der Waals surface area (Å²) in [6.45, 7) is 3.93. The van der Waals surface area contributed by atoms with Crippen LogP contribution in [0.5, 0.6) is 5.75 Å². The minimum Gasteiger partial charge on any atom is -0.497 e. The standard InChI is InChI=1S/C16H22BrNO3/c1-3-21-16(19)15-6-4-5-9-18(15)11-12-10-13(20-2)7-8-14(12)17/h7-8,10,15H,3-6,9,11H2,1-2H3. The van der Waals surface area contributed by atoms with Crippen molar-refractivity contribution in [3.8, 4) is 5.75 Å². The van der Waals surface area contributed by atoms with Crippen LogP contribution < -0.4 is 4.74 Å². The average molecular weight is 356 g/mol. The van der Waals surface area contributed by atoms with Crippen LogP contribution in [0.2, 0.25) is 0 Å². The maximum Gasteiger partial charge on any atom is 0.323 e. The van der Waals surface area contributed by atoms with Crippen LogP contribution in [0.15, 0.2) is 22.7 Å². The molecule has 1 saturated heterocycles. The van der Waals surface area contributed by atoms with E-state index in [1.54, 1.807) is 7.11 Å². The normalized spacial score (nSPS) is 19.3. The second-order valence-corrected chi connectivity index (χ2v) is 6.05. The van der Waals surface area contributed by atoms with Gasteiger partial charge < -0.3 is 9.47 Å². The van der Waals surface area contributed by atoms with E-state index < -0.39 is 0 Å². The summed E-state index contributed by atoms with van der Waals surface area (Å²) in [7, 11) is 1.66. The van der Waals surface area contributed by atoms with Crippen molar-refractivity contribution in [1.29, 1.82) is 0 Å². The van der Waals surface area contributed by atoms with Gasteiger partial charge in [-0.15, -0.1) is 0 Å². The number of methoxy groups -OCH3 is 1. The molecule has 0 aliphatic carbocycles. The number of carbonyl (C=O) groups excluding carboxylic acids is 1. The van der Waals surface area contributed by atoms with E-state index in [9.17, 15) is 4.79 Å². The Bertz CT molecular complexity index is 492. The molecule has 0 radical (unpaired) electrons. The Hall–Kier alpha value is -1.07. The van der Waals surface area contributed by atoms with Crippen LogP contribution in [0.25, 0.3) is 0 Å². The Labute approximate surface area is 134 Å². The highest BCUT2D eigenvalue weighted by Crippen LogP contribution is 2.27. The number of rotatable bonds is 5. The lowest BCUT2D eigenvalue weighted by Gasteiger charge is -2.34. The van der Waals surface area contributed by atoms with Gasteiger partial charge in [0.05, 0.1) is 13.7 Å². The smallest absolute Gasteiger partial charge is 0.323 e. The number of halogens is 1. The molecule has 21 heavy (non-hydrogen) atoms. The van der Waals surface area contributed by atoms with Gasteiger partial charge in [-0.25, -0.2) is 0 Å². The van der Waals surface area contributed by atoms with E-state index in [2.05, 4.69) is 20.8 Å². The molecular weight excluding hydrogens is 334 g/mol. The second-order valence-electron chi connectivity index (χ2n) is 5.19. The molecule has 1 heterocycles. The number of benzene rings is 1. The summed E-state index contributed by atoms with van der Waals surface area (Å²) in [5.41, 5.74) is 1.13. The molecule has 0 spiro atoms. The van der Waals surface area contributed by atoms with Crippen LogP contribution in [-0.2, 0) is 16.1 Å². The first-order chi connectivity index (χ1) is 10.2. The molecule has 0 saturated carbocycles. The van der Waals surface area contributed by atoms with Crippen molar-refractivity contribution in [2.24, 2.45) is 0 Å². The van der Waals surface area contributed by atoms with E-state index in [0.717, 1.165) is 48.1 Å². The molecule has 1 fully saturated rings. The predicted molar refractivity (Wildman–Crippen MR) is 85.4 cm³/mol. The van der Waals surface area contributed by atoms with Crippen molar-refractivity contribution >= 4 is 21.9 Å². The van der Waals surface area contributed by atoms with Crippen molar-refractivity contribution in [2.45, 2.75) is 38.8 Å². The summed E-state index contributed by atoms with van der Waals surface area (Å²) >= 11 is 3.58. The minimum atomic E-state index is -0.128. The Morgan fingerprint density at radius 1 is 1.43 bits per heavy atom. The molecule has 116 valence electrons. The van der Waals surface area contributed by atoms with Gasteiger partial charge in [-0.1, -0.05) is 22.4 Å². The zero-order valence-corrected chi connectivity index (χ0v) is 14.2. The first-order valence-corrected chi connectivity index (χ1v) is 8.18. The zero-order chi connectivity index (χ0) is 15.2. The number of carbonyl (C=O) groups is 1. The summed E-state index contributed by atoms with van der Waals surface area (Å²) in [4.78, 5) is 14.3. The van der Waals surface area contributed by atoms with E-state index >= 15 is 0 Å². The number of likely N-dealkylation sites (tertiary alicyclic amines) is 1. The van der Waals surface area contributed by atoms with Gasteiger partial charge in [-0.05, 0) is 50.1 Å². The van der Waals surface area contributed by atoms with Gasteiger partial charge in [-0.3, -0.25) is 9.69 Å². The Kier molecular flexibility index (Phi) is 6.06. The quantitative estimate of drug-likeness (QED) is 0.759. The molecule has 5 heteroatoms. The molecule has 1 aromatic rings. The number of hydrogen-bond acceptors (Lipinski definition) is 4. The fraction of sp³-hybridized carbons (Fsp3) is 0.562. The van der Waals surface area contributed by atoms with Gasteiger partial charge in [-0.2, -0.15) is 0 Å². The summed E-state index contributed by atoms with van der Waals surface area (Å²) < 4.78 is 11.5. The van der Waals surface area contributed by atoms with E-state index in [1.165, 1.54) is 0 Å². The number of piperidine rings is 1. The van der Waals surface area contributed by atoms with Crippen LogP contribution >= 0.6 is 15.9 Å². The van der Waals surface area contributed by atoms with E-state index in [4.69, 9.17) is 9.47 Å². The SMILES string of the molecule is CCOC(=O)C1CCCCN1Cc1cc(OC)ccc1Br. The predicted octanol–water partition coefficient (Wildman–Crippen LogP) is 3.38. The number of ether oxygens (including phenoxy) is 2. The number of esters is 1. The van der Waals surface area contributed by atoms with E-state index in [1.807, 2.05) is 25.1 Å². The second kappa shape index (κ2) is 7.80. The Morgan fingerprint density at radius 3 is 2.95 bits per heavy atom. The summed E-state index contributed by atoms with van der Waals surface area (Å²) in [5.74, 6) is 0.731. The number of hydrogen-bond donors (Lipinski definition) is 0.